The molecule has 0 aliphatic rings. The quantitative estimate of drug-likeness (QED) is 0.0262. The number of hydrogen-bond acceptors (Lipinski definition) is 6. The number of unbranched alkanes of at least 4 members (excludes halogenated alkanes) is 26. The molecular formula is C59H102O6. The molecule has 0 aromatic carbocycles. The normalized spacial score (nSPS) is 12.6. The summed E-state index contributed by atoms with van der Waals surface area (Å²) in [6, 6.07) is 0. The van der Waals surface area contributed by atoms with Crippen molar-refractivity contribution in [1.82, 2.24) is 0 Å². The van der Waals surface area contributed by atoms with Crippen molar-refractivity contribution in [2.75, 3.05) is 13.2 Å². The van der Waals surface area contributed by atoms with Crippen molar-refractivity contribution in [1.29, 1.82) is 0 Å². The van der Waals surface area contributed by atoms with Crippen LogP contribution in [0.15, 0.2) is 72.9 Å². The Morgan fingerprint density at radius 2 is 0.615 bits per heavy atom. The van der Waals surface area contributed by atoms with E-state index in [0.29, 0.717) is 19.3 Å². The summed E-state index contributed by atoms with van der Waals surface area (Å²) in [7, 11) is 0. The maximum absolute atomic E-state index is 12.8. The van der Waals surface area contributed by atoms with E-state index in [1.165, 1.54) is 135 Å². The van der Waals surface area contributed by atoms with Crippen LogP contribution in [0.2, 0.25) is 0 Å². The van der Waals surface area contributed by atoms with Crippen molar-refractivity contribution >= 4 is 17.9 Å². The molecule has 0 radical (unpaired) electrons. The Kier molecular flexibility index (Phi) is 50.9. The number of rotatable bonds is 49. The molecule has 0 bridgehead atoms. The van der Waals surface area contributed by atoms with Gasteiger partial charge in [-0.2, -0.15) is 0 Å². The Balaban J connectivity index is 4.45. The predicted molar refractivity (Wildman–Crippen MR) is 279 cm³/mol. The lowest BCUT2D eigenvalue weighted by Gasteiger charge is -2.18. The van der Waals surface area contributed by atoms with Crippen LogP contribution in [0.5, 0.6) is 0 Å². The van der Waals surface area contributed by atoms with Crippen LogP contribution in [0.25, 0.3) is 0 Å². The maximum atomic E-state index is 12.8. The molecule has 374 valence electrons. The second-order valence-corrected chi connectivity index (χ2v) is 18.1. The van der Waals surface area contributed by atoms with Crippen molar-refractivity contribution in [3.63, 3.8) is 0 Å². The van der Waals surface area contributed by atoms with Crippen LogP contribution in [0.1, 0.15) is 265 Å². The van der Waals surface area contributed by atoms with E-state index >= 15 is 0 Å². The van der Waals surface area contributed by atoms with Gasteiger partial charge in [0.15, 0.2) is 6.10 Å². The average molecular weight is 907 g/mol. The van der Waals surface area contributed by atoms with Crippen molar-refractivity contribution in [3.8, 4) is 0 Å². The first-order valence-corrected chi connectivity index (χ1v) is 27.4. The van der Waals surface area contributed by atoms with Gasteiger partial charge in [-0.05, 0) is 83.5 Å². The lowest BCUT2D eigenvalue weighted by molar-refractivity contribution is -0.167. The summed E-state index contributed by atoms with van der Waals surface area (Å²) >= 11 is 0. The minimum absolute atomic E-state index is 0.0955. The van der Waals surface area contributed by atoms with Gasteiger partial charge in [-0.3, -0.25) is 14.4 Å². The van der Waals surface area contributed by atoms with Crippen LogP contribution in [0.3, 0.4) is 0 Å². The summed E-state index contributed by atoms with van der Waals surface area (Å²) in [6.45, 7) is 6.47. The summed E-state index contributed by atoms with van der Waals surface area (Å²) in [4.78, 5) is 38.0. The van der Waals surface area contributed by atoms with Gasteiger partial charge in [0.1, 0.15) is 13.2 Å². The lowest BCUT2D eigenvalue weighted by Crippen LogP contribution is -2.30. The summed E-state index contributed by atoms with van der Waals surface area (Å²) in [5.41, 5.74) is 0. The molecule has 0 spiro atoms. The van der Waals surface area contributed by atoms with Gasteiger partial charge in [-0.25, -0.2) is 0 Å². The molecule has 0 heterocycles. The monoisotopic (exact) mass is 907 g/mol. The summed E-state index contributed by atoms with van der Waals surface area (Å²) < 4.78 is 16.8. The molecule has 0 saturated heterocycles. The van der Waals surface area contributed by atoms with E-state index in [-0.39, 0.29) is 37.5 Å². The minimum atomic E-state index is -0.799. The molecule has 0 aliphatic carbocycles. The Morgan fingerprint density at radius 3 is 1.03 bits per heavy atom. The average Bonchev–Trinajstić information content (AvgIpc) is 3.30. The molecule has 1 atom stereocenters. The Bertz CT molecular complexity index is 1230. The molecule has 0 aromatic heterocycles. The summed E-state index contributed by atoms with van der Waals surface area (Å²) in [5, 5.41) is 0. The largest absolute Gasteiger partial charge is 0.462 e. The number of carbonyl (C=O) groups excluding carboxylic acids is 3. The highest BCUT2D eigenvalue weighted by Gasteiger charge is 2.19. The Hall–Kier alpha value is -3.15. The van der Waals surface area contributed by atoms with E-state index in [2.05, 4.69) is 93.7 Å². The predicted octanol–water partition coefficient (Wildman–Crippen LogP) is 18.2. The molecule has 0 aromatic rings. The van der Waals surface area contributed by atoms with Crippen LogP contribution in [-0.4, -0.2) is 37.2 Å². The second-order valence-electron chi connectivity index (χ2n) is 18.1. The van der Waals surface area contributed by atoms with E-state index < -0.39 is 6.10 Å². The second kappa shape index (κ2) is 53.5. The van der Waals surface area contributed by atoms with Crippen molar-refractivity contribution in [2.45, 2.75) is 271 Å². The van der Waals surface area contributed by atoms with Gasteiger partial charge < -0.3 is 14.2 Å². The third kappa shape index (κ3) is 51.7. The fraction of sp³-hybridized carbons (Fsp3) is 0.746. The summed E-state index contributed by atoms with van der Waals surface area (Å²) in [6.07, 6.45) is 67.5. The molecule has 0 aliphatic heterocycles. The standard InChI is InChI=1S/C59H102O6/c1-4-7-10-13-16-19-22-25-27-29-31-34-37-40-43-46-49-52-58(61)64-55-56(54-63-57(60)51-48-45-42-39-36-33-24-21-18-15-12-9-6-3)65-59(62)53-50-47-44-41-38-35-32-30-28-26-23-20-17-14-11-8-5-2/h7,10,16,19,21,24-25,27,31,34,40,43,56H,4-6,8-9,11-15,17-18,20,22-23,26,28-30,32-33,35-39,41-42,44-55H2,1-3H3/b10-7+,19-16+,24-21+,27-25+,34-31+,43-40+/t56-/m1/s1. The molecule has 0 unspecified atom stereocenters. The zero-order valence-corrected chi connectivity index (χ0v) is 42.7. The first-order valence-electron chi connectivity index (χ1n) is 27.4. The molecule has 0 rings (SSSR count). The van der Waals surface area contributed by atoms with Crippen molar-refractivity contribution < 1.29 is 28.6 Å². The highest BCUT2D eigenvalue weighted by molar-refractivity contribution is 5.71. The van der Waals surface area contributed by atoms with Gasteiger partial charge in [-0.1, -0.05) is 235 Å². The molecule has 6 heteroatoms. The smallest absolute Gasteiger partial charge is 0.306 e. The third-order valence-electron chi connectivity index (χ3n) is 11.7. The fourth-order valence-corrected chi connectivity index (χ4v) is 7.59. The number of carbonyl (C=O) groups is 3. The first kappa shape index (κ1) is 61.9. The van der Waals surface area contributed by atoms with Crippen LogP contribution in [-0.2, 0) is 28.6 Å². The lowest BCUT2D eigenvalue weighted by atomic mass is 10.0. The molecule has 0 N–H and O–H groups in total. The van der Waals surface area contributed by atoms with Gasteiger partial charge in [0.2, 0.25) is 0 Å². The van der Waals surface area contributed by atoms with E-state index in [4.69, 9.17) is 14.2 Å². The van der Waals surface area contributed by atoms with Gasteiger partial charge >= 0.3 is 17.9 Å². The van der Waals surface area contributed by atoms with Gasteiger partial charge in [-0.15, -0.1) is 0 Å². The number of esters is 3. The number of ether oxygens (including phenoxy) is 3. The van der Waals surface area contributed by atoms with Crippen LogP contribution >= 0.6 is 0 Å². The van der Waals surface area contributed by atoms with E-state index in [0.717, 1.165) is 83.5 Å². The Morgan fingerprint density at radius 1 is 0.323 bits per heavy atom. The SMILES string of the molecule is CC/C=C/C/C=C/C/C=C/C/C=C/C/C=C/CCCC(=O)OC[C@@H](COC(=O)CCCCCCC/C=C/CCCCCC)OC(=O)CCCCCCCCCCCCCCCCCCC. The van der Waals surface area contributed by atoms with Crippen LogP contribution in [0.4, 0.5) is 0 Å². The highest BCUT2D eigenvalue weighted by atomic mass is 16.6. The highest BCUT2D eigenvalue weighted by Crippen LogP contribution is 2.16. The van der Waals surface area contributed by atoms with Gasteiger partial charge in [0.25, 0.3) is 0 Å². The number of hydrogen-bond donors (Lipinski definition) is 0. The van der Waals surface area contributed by atoms with Crippen LogP contribution in [0, 0.1) is 0 Å². The molecule has 0 fully saturated rings. The maximum Gasteiger partial charge on any atom is 0.306 e. The first-order chi connectivity index (χ1) is 32.0. The zero-order chi connectivity index (χ0) is 47.2. The Labute approximate surface area is 402 Å². The van der Waals surface area contributed by atoms with E-state index in [1.54, 1.807) is 0 Å². The van der Waals surface area contributed by atoms with Gasteiger partial charge in [0.05, 0.1) is 0 Å². The molecule has 0 amide bonds. The zero-order valence-electron chi connectivity index (χ0n) is 42.7. The van der Waals surface area contributed by atoms with Crippen molar-refractivity contribution in [3.05, 3.63) is 72.9 Å². The van der Waals surface area contributed by atoms with Gasteiger partial charge in [0, 0.05) is 19.3 Å². The number of allylic oxidation sites excluding steroid dienone is 12. The van der Waals surface area contributed by atoms with E-state index in [9.17, 15) is 14.4 Å². The molecule has 6 nitrogen and oxygen atoms in total. The summed E-state index contributed by atoms with van der Waals surface area (Å²) in [5.74, 6) is -0.957. The van der Waals surface area contributed by atoms with Crippen molar-refractivity contribution in [2.24, 2.45) is 0 Å². The third-order valence-corrected chi connectivity index (χ3v) is 11.7. The topological polar surface area (TPSA) is 78.9 Å². The minimum Gasteiger partial charge on any atom is -0.462 e. The molecule has 65 heavy (non-hydrogen) atoms. The molecule has 0 saturated carbocycles. The van der Waals surface area contributed by atoms with E-state index in [1.807, 2.05) is 0 Å². The molecular weight excluding hydrogens is 805 g/mol. The van der Waals surface area contributed by atoms with Crippen LogP contribution < -0.4 is 0 Å². The fourth-order valence-electron chi connectivity index (χ4n) is 7.59.